The van der Waals surface area contributed by atoms with E-state index in [4.69, 9.17) is 9.47 Å². The van der Waals surface area contributed by atoms with Crippen molar-refractivity contribution in [2.75, 3.05) is 40.9 Å². The van der Waals surface area contributed by atoms with Gasteiger partial charge in [0.05, 0.1) is 19.1 Å². The van der Waals surface area contributed by atoms with Crippen LogP contribution in [0.1, 0.15) is 11.6 Å². The molecule has 3 rings (SSSR count). The van der Waals surface area contributed by atoms with Crippen molar-refractivity contribution in [3.8, 4) is 11.5 Å². The average molecular weight is 376 g/mol. The zero-order valence-electron chi connectivity index (χ0n) is 15.3. The monoisotopic (exact) mass is 376 g/mol. The lowest BCUT2D eigenvalue weighted by Gasteiger charge is -2.39. The quantitative estimate of drug-likeness (QED) is 0.802. The summed E-state index contributed by atoms with van der Waals surface area (Å²) in [6.45, 7) is 1.56. The largest absolute Gasteiger partial charge is 0.497 e. The number of hydrogen-bond acceptors (Lipinski definition) is 5. The molecule has 1 fully saturated rings. The number of hydrogen-bond donors (Lipinski definition) is 0. The van der Waals surface area contributed by atoms with Crippen LogP contribution < -0.4 is 9.47 Å². The zero-order chi connectivity index (χ0) is 18.7. The molecule has 1 atom stereocenters. The predicted molar refractivity (Wildman–Crippen MR) is 100 cm³/mol. The number of nitrogens with zero attached hydrogens (tertiary/aromatic N) is 2. The molecule has 2 aromatic carbocycles. The molecule has 26 heavy (non-hydrogen) atoms. The van der Waals surface area contributed by atoms with E-state index in [0.29, 0.717) is 25.4 Å². The van der Waals surface area contributed by atoms with Crippen molar-refractivity contribution >= 4 is 10.0 Å². The van der Waals surface area contributed by atoms with Gasteiger partial charge in [0.1, 0.15) is 11.5 Å². The first kappa shape index (κ1) is 18.7. The first-order valence-electron chi connectivity index (χ1n) is 8.44. The minimum Gasteiger partial charge on any atom is -0.497 e. The molecule has 0 N–H and O–H groups in total. The van der Waals surface area contributed by atoms with Crippen LogP contribution in [0, 0.1) is 0 Å². The van der Waals surface area contributed by atoms with E-state index < -0.39 is 10.0 Å². The van der Waals surface area contributed by atoms with E-state index >= 15 is 0 Å². The van der Waals surface area contributed by atoms with Gasteiger partial charge in [0.15, 0.2) is 0 Å². The summed E-state index contributed by atoms with van der Waals surface area (Å²) in [6.07, 6.45) is 0. The molecule has 0 aliphatic carbocycles. The minimum atomic E-state index is -3.54. The summed E-state index contributed by atoms with van der Waals surface area (Å²) < 4.78 is 37.9. The highest BCUT2D eigenvalue weighted by molar-refractivity contribution is 7.89. The Kier molecular flexibility index (Phi) is 5.50. The van der Waals surface area contributed by atoms with Crippen molar-refractivity contribution in [2.24, 2.45) is 0 Å². The number of methoxy groups -OCH3 is 2. The molecule has 1 heterocycles. The van der Waals surface area contributed by atoms with Gasteiger partial charge >= 0.3 is 0 Å². The van der Waals surface area contributed by atoms with E-state index in [1.54, 1.807) is 42.8 Å². The van der Waals surface area contributed by atoms with Crippen LogP contribution in [0.3, 0.4) is 0 Å². The Bertz CT molecular complexity index is 835. The standard InChI is InChI=1S/C19H24N2O4S/c1-20-12-13-21(14-19(20)15-4-6-16(24-2)7-5-15)26(22,23)18-10-8-17(25-3)9-11-18/h4-11,19H,12-14H2,1-3H3/t19-/m0/s1. The Morgan fingerprint density at radius 3 is 1.96 bits per heavy atom. The number of piperazine rings is 1. The zero-order valence-corrected chi connectivity index (χ0v) is 16.1. The second kappa shape index (κ2) is 7.65. The van der Waals surface area contributed by atoms with Crippen LogP contribution in [0.25, 0.3) is 0 Å². The average Bonchev–Trinajstić information content (AvgIpc) is 2.68. The number of ether oxygens (including phenoxy) is 2. The summed E-state index contributed by atoms with van der Waals surface area (Å²) in [4.78, 5) is 2.47. The second-order valence-electron chi connectivity index (χ2n) is 6.31. The van der Waals surface area contributed by atoms with Gasteiger partial charge in [-0.25, -0.2) is 8.42 Å². The van der Waals surface area contributed by atoms with E-state index in [1.807, 2.05) is 31.3 Å². The van der Waals surface area contributed by atoms with Crippen molar-refractivity contribution in [3.05, 3.63) is 54.1 Å². The van der Waals surface area contributed by atoms with Crippen molar-refractivity contribution in [3.63, 3.8) is 0 Å². The second-order valence-corrected chi connectivity index (χ2v) is 8.25. The molecule has 140 valence electrons. The Morgan fingerprint density at radius 2 is 1.42 bits per heavy atom. The first-order valence-corrected chi connectivity index (χ1v) is 9.88. The molecular weight excluding hydrogens is 352 g/mol. The molecule has 0 spiro atoms. The minimum absolute atomic E-state index is 0.00248. The molecule has 7 heteroatoms. The molecule has 1 aliphatic heterocycles. The van der Waals surface area contributed by atoms with Crippen molar-refractivity contribution in [1.29, 1.82) is 0 Å². The van der Waals surface area contributed by atoms with Gasteiger partial charge in [-0.15, -0.1) is 0 Å². The molecule has 0 amide bonds. The highest BCUT2D eigenvalue weighted by atomic mass is 32.2. The lowest BCUT2D eigenvalue weighted by Crippen LogP contribution is -2.48. The van der Waals surface area contributed by atoms with Crippen LogP contribution in [-0.4, -0.2) is 58.5 Å². The molecule has 6 nitrogen and oxygen atoms in total. The maximum atomic E-state index is 13.0. The van der Waals surface area contributed by atoms with Crippen LogP contribution in [0.4, 0.5) is 0 Å². The van der Waals surface area contributed by atoms with Gasteiger partial charge in [-0.1, -0.05) is 12.1 Å². The Balaban J connectivity index is 1.83. The fourth-order valence-electron chi connectivity index (χ4n) is 3.15. The summed E-state index contributed by atoms with van der Waals surface area (Å²) in [5, 5.41) is 0. The summed E-state index contributed by atoms with van der Waals surface area (Å²) in [5.74, 6) is 1.42. The normalized spacial score (nSPS) is 19.3. The van der Waals surface area contributed by atoms with Gasteiger partial charge in [-0.2, -0.15) is 4.31 Å². The van der Waals surface area contributed by atoms with Gasteiger partial charge < -0.3 is 9.47 Å². The molecule has 0 radical (unpaired) electrons. The third kappa shape index (κ3) is 3.70. The highest BCUT2D eigenvalue weighted by Crippen LogP contribution is 2.29. The molecular formula is C19H24N2O4S. The van der Waals surface area contributed by atoms with Gasteiger partial charge in [-0.3, -0.25) is 4.90 Å². The maximum Gasteiger partial charge on any atom is 0.243 e. The van der Waals surface area contributed by atoms with Gasteiger partial charge in [0.2, 0.25) is 10.0 Å². The molecule has 0 bridgehead atoms. The Morgan fingerprint density at radius 1 is 0.885 bits per heavy atom. The van der Waals surface area contributed by atoms with Gasteiger partial charge in [0.25, 0.3) is 0 Å². The van der Waals surface area contributed by atoms with Gasteiger partial charge in [0, 0.05) is 25.7 Å². The third-order valence-electron chi connectivity index (χ3n) is 4.81. The lowest BCUT2D eigenvalue weighted by molar-refractivity contribution is 0.148. The summed E-state index contributed by atoms with van der Waals surface area (Å²) in [7, 11) is 1.67. The fraction of sp³-hybridized carbons (Fsp3) is 0.368. The fourth-order valence-corrected chi connectivity index (χ4v) is 4.59. The van der Waals surface area contributed by atoms with E-state index in [-0.39, 0.29) is 10.9 Å². The van der Waals surface area contributed by atoms with Crippen LogP contribution in [0.2, 0.25) is 0 Å². The predicted octanol–water partition coefficient (Wildman–Crippen LogP) is 2.38. The molecule has 1 aliphatic rings. The summed E-state index contributed by atoms with van der Waals surface area (Å²) >= 11 is 0. The van der Waals surface area contributed by atoms with Crippen LogP contribution in [0.15, 0.2) is 53.4 Å². The maximum absolute atomic E-state index is 13.0. The summed E-state index contributed by atoms with van der Waals surface area (Å²) in [6, 6.07) is 14.3. The first-order chi connectivity index (χ1) is 12.5. The van der Waals surface area contributed by atoms with Crippen molar-refractivity contribution < 1.29 is 17.9 Å². The topological polar surface area (TPSA) is 59.1 Å². The Hall–Kier alpha value is -2.09. The number of sulfonamides is 1. The SMILES string of the molecule is COc1ccc([C@@H]2CN(S(=O)(=O)c3ccc(OC)cc3)CCN2C)cc1. The highest BCUT2D eigenvalue weighted by Gasteiger charge is 2.33. The molecule has 2 aromatic rings. The van der Waals surface area contributed by atoms with E-state index in [1.165, 1.54) is 0 Å². The molecule has 0 aromatic heterocycles. The van der Waals surface area contributed by atoms with Crippen LogP contribution >= 0.6 is 0 Å². The van der Waals surface area contributed by atoms with E-state index in [9.17, 15) is 8.42 Å². The molecule has 0 unspecified atom stereocenters. The number of benzene rings is 2. The smallest absolute Gasteiger partial charge is 0.243 e. The summed E-state index contributed by atoms with van der Waals surface area (Å²) in [5.41, 5.74) is 1.07. The molecule has 0 saturated carbocycles. The van der Waals surface area contributed by atoms with Crippen molar-refractivity contribution in [1.82, 2.24) is 9.21 Å². The molecule has 1 saturated heterocycles. The lowest BCUT2D eigenvalue weighted by atomic mass is 10.0. The number of likely N-dealkylation sites (N-methyl/N-ethyl adjacent to an activating group) is 1. The third-order valence-corrected chi connectivity index (χ3v) is 6.69. The van der Waals surface area contributed by atoms with E-state index in [2.05, 4.69) is 4.90 Å². The van der Waals surface area contributed by atoms with Crippen LogP contribution in [0.5, 0.6) is 11.5 Å². The van der Waals surface area contributed by atoms with Gasteiger partial charge in [-0.05, 0) is 49.0 Å². The van der Waals surface area contributed by atoms with Crippen molar-refractivity contribution in [2.45, 2.75) is 10.9 Å². The van der Waals surface area contributed by atoms with E-state index in [0.717, 1.165) is 11.3 Å². The Labute approximate surface area is 155 Å². The van der Waals surface area contributed by atoms with Crippen LogP contribution in [-0.2, 0) is 10.0 Å². The number of rotatable bonds is 5.